The lowest BCUT2D eigenvalue weighted by molar-refractivity contribution is 0.277. The van der Waals surface area contributed by atoms with Gasteiger partial charge in [0, 0.05) is 19.5 Å². The van der Waals surface area contributed by atoms with Crippen molar-refractivity contribution >= 4 is 15.9 Å². The average molecular weight is 247 g/mol. The van der Waals surface area contributed by atoms with Crippen molar-refractivity contribution in [3.05, 3.63) is 36.5 Å². The van der Waals surface area contributed by atoms with E-state index in [-0.39, 0.29) is 0 Å². The molecule has 0 saturated heterocycles. The molecule has 0 aliphatic rings. The zero-order valence-corrected chi connectivity index (χ0v) is 10.3. The van der Waals surface area contributed by atoms with Gasteiger partial charge in [0.1, 0.15) is 0 Å². The maximum Gasteiger partial charge on any atom is 0.0351 e. The lowest BCUT2D eigenvalue weighted by Gasteiger charge is -1.93. The minimum Gasteiger partial charge on any atom is -0.388 e. The van der Waals surface area contributed by atoms with Crippen LogP contribution in [0.3, 0.4) is 0 Å². The molecule has 0 amide bonds. The van der Waals surface area contributed by atoms with Gasteiger partial charge in [-0.15, -0.1) is 0 Å². The van der Waals surface area contributed by atoms with Crippen molar-refractivity contribution in [3.63, 3.8) is 0 Å². The number of methoxy groups -OCH3 is 1. The summed E-state index contributed by atoms with van der Waals surface area (Å²) in [6.45, 7) is 5.71. The molecule has 0 bridgehead atoms. The highest BCUT2D eigenvalue weighted by atomic mass is 79.9. The van der Waals surface area contributed by atoms with Gasteiger partial charge >= 0.3 is 0 Å². The summed E-state index contributed by atoms with van der Waals surface area (Å²) in [6, 6.07) is 0. The highest BCUT2D eigenvalue weighted by Gasteiger charge is 1.85. The lowest BCUT2D eigenvalue weighted by Crippen LogP contribution is -1.77. The Kier molecular flexibility index (Phi) is 16.5. The Balaban J connectivity index is 0. The van der Waals surface area contributed by atoms with E-state index < -0.39 is 0 Å². The molecule has 0 spiro atoms. The Hall–Kier alpha value is -0.340. The molecular weight excluding hydrogens is 228 g/mol. The van der Waals surface area contributed by atoms with Gasteiger partial charge in [-0.2, -0.15) is 0 Å². The Morgan fingerprint density at radius 3 is 2.31 bits per heavy atom. The maximum absolute atomic E-state index is 4.25. The van der Waals surface area contributed by atoms with Crippen molar-refractivity contribution in [2.75, 3.05) is 19.5 Å². The van der Waals surface area contributed by atoms with Crippen LogP contribution in [0.15, 0.2) is 36.5 Å². The Labute approximate surface area is 90.3 Å². The fourth-order valence-electron chi connectivity index (χ4n) is 0.582. The van der Waals surface area contributed by atoms with Gasteiger partial charge in [0.15, 0.2) is 0 Å². The summed E-state index contributed by atoms with van der Waals surface area (Å²) in [7, 11) is 3.25. The molecule has 0 N–H and O–H groups in total. The molecule has 0 heterocycles. The molecular formula is C11H19BrO. The minimum atomic E-state index is 1.00. The highest BCUT2D eigenvalue weighted by molar-refractivity contribution is 9.09. The summed E-state index contributed by atoms with van der Waals surface area (Å²) in [5, 5.41) is 1.00. The number of halogens is 1. The molecule has 0 aliphatic heterocycles. The number of ether oxygens (including phenoxy) is 1. The van der Waals surface area contributed by atoms with Gasteiger partial charge in [-0.1, -0.05) is 46.8 Å². The van der Waals surface area contributed by atoms with Crippen LogP contribution in [0.4, 0.5) is 0 Å². The SMILES string of the molecule is C=C/C(=C\C=C/C)CCBr.COC. The molecule has 0 aromatic rings. The number of allylic oxidation sites excluding steroid dienone is 5. The molecule has 0 unspecified atom stereocenters. The van der Waals surface area contributed by atoms with Crippen LogP contribution in [-0.4, -0.2) is 19.5 Å². The van der Waals surface area contributed by atoms with E-state index in [1.165, 1.54) is 5.57 Å². The van der Waals surface area contributed by atoms with E-state index >= 15 is 0 Å². The summed E-state index contributed by atoms with van der Waals surface area (Å²) < 4.78 is 4.25. The molecule has 0 aliphatic carbocycles. The molecule has 0 fully saturated rings. The first-order valence-electron chi connectivity index (χ1n) is 4.17. The van der Waals surface area contributed by atoms with Crippen LogP contribution in [0.1, 0.15) is 13.3 Å². The fraction of sp³-hybridized carbons (Fsp3) is 0.455. The second-order valence-electron chi connectivity index (χ2n) is 2.32. The quantitative estimate of drug-likeness (QED) is 0.543. The third-order valence-corrected chi connectivity index (χ3v) is 1.54. The van der Waals surface area contributed by atoms with Crippen LogP contribution in [0.2, 0.25) is 0 Å². The molecule has 0 rings (SSSR count). The van der Waals surface area contributed by atoms with E-state index in [2.05, 4.69) is 33.3 Å². The van der Waals surface area contributed by atoms with E-state index in [4.69, 9.17) is 0 Å². The van der Waals surface area contributed by atoms with E-state index in [1.54, 1.807) is 14.2 Å². The van der Waals surface area contributed by atoms with Crippen LogP contribution in [-0.2, 0) is 4.74 Å². The second-order valence-corrected chi connectivity index (χ2v) is 3.11. The molecule has 2 heteroatoms. The molecule has 0 aromatic heterocycles. The molecule has 0 radical (unpaired) electrons. The third kappa shape index (κ3) is 14.5. The van der Waals surface area contributed by atoms with Crippen LogP contribution >= 0.6 is 15.9 Å². The van der Waals surface area contributed by atoms with Crippen LogP contribution in [0.5, 0.6) is 0 Å². The normalized spacial score (nSPS) is 10.9. The second kappa shape index (κ2) is 14.2. The summed E-state index contributed by atoms with van der Waals surface area (Å²) in [4.78, 5) is 0. The maximum atomic E-state index is 4.25. The molecule has 0 atom stereocenters. The van der Waals surface area contributed by atoms with E-state index in [1.807, 2.05) is 25.2 Å². The largest absolute Gasteiger partial charge is 0.388 e. The fourth-order valence-corrected chi connectivity index (χ4v) is 1.04. The first-order chi connectivity index (χ1) is 6.26. The third-order valence-electron chi connectivity index (χ3n) is 1.15. The van der Waals surface area contributed by atoms with Gasteiger partial charge in [-0.25, -0.2) is 0 Å². The lowest BCUT2D eigenvalue weighted by atomic mass is 10.2. The van der Waals surface area contributed by atoms with Gasteiger partial charge < -0.3 is 4.74 Å². The topological polar surface area (TPSA) is 9.23 Å². The number of hydrogen-bond donors (Lipinski definition) is 0. The first-order valence-corrected chi connectivity index (χ1v) is 5.29. The van der Waals surface area contributed by atoms with Gasteiger partial charge in [0.05, 0.1) is 0 Å². The summed E-state index contributed by atoms with van der Waals surface area (Å²) >= 11 is 3.37. The van der Waals surface area contributed by atoms with Crippen molar-refractivity contribution in [1.29, 1.82) is 0 Å². The van der Waals surface area contributed by atoms with Gasteiger partial charge in [-0.3, -0.25) is 0 Å². The average Bonchev–Trinajstić information content (AvgIpc) is 2.13. The predicted molar refractivity (Wildman–Crippen MR) is 64.4 cm³/mol. The molecule has 13 heavy (non-hydrogen) atoms. The number of hydrogen-bond acceptors (Lipinski definition) is 1. The van der Waals surface area contributed by atoms with E-state index in [9.17, 15) is 0 Å². The van der Waals surface area contributed by atoms with Crippen LogP contribution in [0.25, 0.3) is 0 Å². The standard InChI is InChI=1S/C9H13Br.C2H6O/c1-3-5-6-9(4-2)7-8-10;1-3-2/h3-6H,2,7-8H2,1H3;1-2H3/b5-3-,9-6+;. The monoisotopic (exact) mass is 246 g/mol. The van der Waals surface area contributed by atoms with Gasteiger partial charge in [-0.05, 0) is 18.9 Å². The van der Waals surface area contributed by atoms with Crippen molar-refractivity contribution in [2.45, 2.75) is 13.3 Å². The van der Waals surface area contributed by atoms with Crippen molar-refractivity contribution in [1.82, 2.24) is 0 Å². The Morgan fingerprint density at radius 2 is 2.00 bits per heavy atom. The summed E-state index contributed by atoms with van der Waals surface area (Å²) in [5.41, 5.74) is 1.27. The predicted octanol–water partition coefficient (Wildman–Crippen LogP) is 3.72. The van der Waals surface area contributed by atoms with E-state index in [0.717, 1.165) is 11.8 Å². The Morgan fingerprint density at radius 1 is 1.46 bits per heavy atom. The first kappa shape index (κ1) is 15.1. The summed E-state index contributed by atoms with van der Waals surface area (Å²) in [5.74, 6) is 0. The van der Waals surface area contributed by atoms with Crippen LogP contribution in [0, 0.1) is 0 Å². The smallest absolute Gasteiger partial charge is 0.0351 e. The zero-order valence-electron chi connectivity index (χ0n) is 8.72. The van der Waals surface area contributed by atoms with E-state index in [0.29, 0.717) is 0 Å². The molecule has 0 aromatic carbocycles. The summed E-state index contributed by atoms with van der Waals surface area (Å²) in [6.07, 6.45) is 9.06. The van der Waals surface area contributed by atoms with Crippen molar-refractivity contribution in [3.8, 4) is 0 Å². The number of alkyl halides is 1. The zero-order chi connectivity index (χ0) is 10.5. The molecule has 1 nitrogen and oxygen atoms in total. The molecule has 0 saturated carbocycles. The molecule has 76 valence electrons. The van der Waals surface area contributed by atoms with Crippen LogP contribution < -0.4 is 0 Å². The van der Waals surface area contributed by atoms with Crippen molar-refractivity contribution in [2.24, 2.45) is 0 Å². The number of rotatable bonds is 4. The van der Waals surface area contributed by atoms with Gasteiger partial charge in [0.2, 0.25) is 0 Å². The van der Waals surface area contributed by atoms with Gasteiger partial charge in [0.25, 0.3) is 0 Å². The Bertz CT molecular complexity index is 159. The minimum absolute atomic E-state index is 1.00. The van der Waals surface area contributed by atoms with Crippen molar-refractivity contribution < 1.29 is 4.74 Å². The highest BCUT2D eigenvalue weighted by Crippen LogP contribution is 2.04.